The van der Waals surface area contributed by atoms with E-state index in [0.717, 1.165) is 17.3 Å². The Morgan fingerprint density at radius 3 is 2.71 bits per heavy atom. The Balaban J connectivity index is 2.29. The van der Waals surface area contributed by atoms with E-state index in [1.807, 2.05) is 19.3 Å². The van der Waals surface area contributed by atoms with Crippen molar-refractivity contribution >= 4 is 19.2 Å². The van der Waals surface area contributed by atoms with Crippen LogP contribution in [0.2, 0.25) is 18.1 Å². The maximum Gasteiger partial charge on any atom is 0.188 e. The van der Waals surface area contributed by atoms with Crippen LogP contribution >= 0.6 is 0 Å². The summed E-state index contributed by atoms with van der Waals surface area (Å²) in [6.07, 6.45) is 2.75. The zero-order chi connectivity index (χ0) is 12.7. The molecular formula is C13H20N2OSi. The van der Waals surface area contributed by atoms with E-state index in [2.05, 4.69) is 42.2 Å². The fourth-order valence-corrected chi connectivity index (χ4v) is 2.47. The molecule has 0 aliphatic rings. The number of nitrogens with zero attached hydrogens (tertiary/aromatic N) is 1. The van der Waals surface area contributed by atoms with E-state index in [1.165, 1.54) is 5.56 Å². The summed E-state index contributed by atoms with van der Waals surface area (Å²) in [5, 5.41) is 8.08. The number of hydrogen-bond donors (Lipinski definition) is 2. The van der Waals surface area contributed by atoms with E-state index < -0.39 is 8.32 Å². The van der Waals surface area contributed by atoms with Crippen LogP contribution in [0.1, 0.15) is 19.4 Å². The molecule has 92 valence electrons. The van der Waals surface area contributed by atoms with Crippen LogP contribution in [-0.2, 0) is 6.42 Å². The molecule has 0 fully saturated rings. The molecule has 0 radical (unpaired) electrons. The van der Waals surface area contributed by atoms with Gasteiger partial charge in [0.2, 0.25) is 0 Å². The summed E-state index contributed by atoms with van der Waals surface area (Å²) in [7, 11) is -2.14. The number of fused-ring (bicyclic) bond motifs is 1. The third-order valence-electron chi connectivity index (χ3n) is 3.81. The SMILES string of the molecule is CC(C)(Cc1ccc2[nH]ncc2c1)[Si](C)(C)O. The van der Waals surface area contributed by atoms with Gasteiger partial charge in [-0.3, -0.25) is 5.10 Å². The second kappa shape index (κ2) is 3.96. The molecule has 17 heavy (non-hydrogen) atoms. The van der Waals surface area contributed by atoms with Crippen LogP contribution in [0.15, 0.2) is 24.4 Å². The predicted molar refractivity (Wildman–Crippen MR) is 73.5 cm³/mol. The quantitative estimate of drug-likeness (QED) is 0.820. The summed E-state index contributed by atoms with van der Waals surface area (Å²) in [4.78, 5) is 10.3. The van der Waals surface area contributed by atoms with Crippen LogP contribution in [0.5, 0.6) is 0 Å². The molecule has 0 saturated carbocycles. The highest BCUT2D eigenvalue weighted by atomic mass is 28.4. The number of H-pyrrole nitrogens is 1. The van der Waals surface area contributed by atoms with Gasteiger partial charge in [0.05, 0.1) is 11.7 Å². The number of hydrogen-bond acceptors (Lipinski definition) is 2. The zero-order valence-electron chi connectivity index (χ0n) is 10.9. The van der Waals surface area contributed by atoms with E-state index in [4.69, 9.17) is 0 Å². The highest BCUT2D eigenvalue weighted by Gasteiger charge is 2.37. The smallest absolute Gasteiger partial charge is 0.188 e. The van der Waals surface area contributed by atoms with Crippen LogP contribution < -0.4 is 0 Å². The Bertz CT molecular complexity index is 525. The van der Waals surface area contributed by atoms with Crippen LogP contribution in [0, 0.1) is 0 Å². The van der Waals surface area contributed by atoms with Crippen molar-refractivity contribution in [1.82, 2.24) is 10.2 Å². The Morgan fingerprint density at radius 2 is 2.06 bits per heavy atom. The summed E-state index contributed by atoms with van der Waals surface area (Å²) in [6, 6.07) is 6.32. The molecule has 0 amide bonds. The number of nitrogens with one attached hydrogen (secondary N) is 1. The lowest BCUT2D eigenvalue weighted by Crippen LogP contribution is -2.40. The Kier molecular flexibility index (Phi) is 2.87. The van der Waals surface area contributed by atoms with Crippen molar-refractivity contribution in [2.45, 2.75) is 38.4 Å². The molecule has 3 nitrogen and oxygen atoms in total. The highest BCUT2D eigenvalue weighted by Crippen LogP contribution is 2.38. The molecule has 0 aliphatic carbocycles. The molecule has 1 aromatic carbocycles. The van der Waals surface area contributed by atoms with E-state index in [-0.39, 0.29) is 5.04 Å². The Labute approximate surface area is 103 Å². The molecule has 0 unspecified atom stereocenters. The minimum Gasteiger partial charge on any atom is -0.432 e. The van der Waals surface area contributed by atoms with E-state index in [0.29, 0.717) is 0 Å². The van der Waals surface area contributed by atoms with Crippen LogP contribution in [0.4, 0.5) is 0 Å². The zero-order valence-corrected chi connectivity index (χ0v) is 11.9. The third kappa shape index (κ3) is 2.42. The summed E-state index contributed by atoms with van der Waals surface area (Å²) < 4.78 is 0. The van der Waals surface area contributed by atoms with Crippen molar-refractivity contribution < 1.29 is 4.80 Å². The van der Waals surface area contributed by atoms with Gasteiger partial charge in [0, 0.05) is 5.39 Å². The average molecular weight is 248 g/mol. The van der Waals surface area contributed by atoms with Gasteiger partial charge < -0.3 is 4.80 Å². The lowest BCUT2D eigenvalue weighted by atomic mass is 10.0. The van der Waals surface area contributed by atoms with Gasteiger partial charge in [0.25, 0.3) is 0 Å². The predicted octanol–water partition coefficient (Wildman–Crippen LogP) is 3.08. The first kappa shape index (κ1) is 12.3. The summed E-state index contributed by atoms with van der Waals surface area (Å²) in [6.45, 7) is 8.31. The lowest BCUT2D eigenvalue weighted by molar-refractivity contribution is 0.467. The van der Waals surface area contributed by atoms with Crippen molar-refractivity contribution in [1.29, 1.82) is 0 Å². The molecule has 2 N–H and O–H groups in total. The number of aromatic nitrogens is 2. The Morgan fingerprint density at radius 1 is 1.35 bits per heavy atom. The number of rotatable bonds is 3. The lowest BCUT2D eigenvalue weighted by Gasteiger charge is -2.35. The van der Waals surface area contributed by atoms with Crippen molar-refractivity contribution in [3.8, 4) is 0 Å². The first-order valence-electron chi connectivity index (χ1n) is 5.94. The van der Waals surface area contributed by atoms with Crippen LogP contribution in [0.25, 0.3) is 10.9 Å². The first-order chi connectivity index (χ1) is 7.79. The van der Waals surface area contributed by atoms with Crippen molar-refractivity contribution in [3.05, 3.63) is 30.0 Å². The normalized spacial score (nSPS) is 13.2. The fraction of sp³-hybridized carbons (Fsp3) is 0.462. The van der Waals surface area contributed by atoms with Gasteiger partial charge in [-0.25, -0.2) is 0 Å². The fourth-order valence-electron chi connectivity index (χ4n) is 1.83. The molecule has 1 aromatic heterocycles. The van der Waals surface area contributed by atoms with Crippen LogP contribution in [-0.4, -0.2) is 23.3 Å². The molecular weight excluding hydrogens is 228 g/mol. The van der Waals surface area contributed by atoms with Crippen LogP contribution in [0.3, 0.4) is 0 Å². The van der Waals surface area contributed by atoms with Gasteiger partial charge in [-0.2, -0.15) is 5.10 Å². The molecule has 0 aliphatic heterocycles. The summed E-state index contributed by atoms with van der Waals surface area (Å²) in [5.41, 5.74) is 2.32. The molecule has 4 heteroatoms. The van der Waals surface area contributed by atoms with Gasteiger partial charge >= 0.3 is 0 Å². The monoisotopic (exact) mass is 248 g/mol. The van der Waals surface area contributed by atoms with Crippen molar-refractivity contribution in [3.63, 3.8) is 0 Å². The second-order valence-corrected chi connectivity index (χ2v) is 10.4. The number of benzene rings is 1. The maximum atomic E-state index is 10.3. The molecule has 0 saturated heterocycles. The summed E-state index contributed by atoms with van der Waals surface area (Å²) in [5.74, 6) is 0. The Hall–Kier alpha value is -1.13. The first-order valence-corrected chi connectivity index (χ1v) is 8.89. The average Bonchev–Trinajstić information content (AvgIpc) is 2.62. The minimum absolute atomic E-state index is 0.0234. The van der Waals surface area contributed by atoms with E-state index in [1.54, 1.807) is 0 Å². The standard InChI is InChI=1S/C13H20N2OSi/c1-13(2,17(3,4)16)8-10-5-6-12-11(7-10)9-14-15-12/h5-7,9,16H,8H2,1-4H3,(H,14,15). The van der Waals surface area contributed by atoms with Gasteiger partial charge in [-0.1, -0.05) is 19.9 Å². The van der Waals surface area contributed by atoms with Gasteiger partial charge in [-0.05, 0) is 42.2 Å². The van der Waals surface area contributed by atoms with Crippen molar-refractivity contribution in [2.24, 2.45) is 0 Å². The minimum atomic E-state index is -2.14. The van der Waals surface area contributed by atoms with E-state index in [9.17, 15) is 4.80 Å². The third-order valence-corrected chi connectivity index (χ3v) is 7.30. The van der Waals surface area contributed by atoms with Crippen molar-refractivity contribution in [2.75, 3.05) is 0 Å². The topological polar surface area (TPSA) is 48.9 Å². The van der Waals surface area contributed by atoms with Gasteiger partial charge in [0.1, 0.15) is 0 Å². The molecule has 1 heterocycles. The molecule has 2 aromatic rings. The van der Waals surface area contributed by atoms with Gasteiger partial charge in [0.15, 0.2) is 8.32 Å². The summed E-state index contributed by atoms with van der Waals surface area (Å²) >= 11 is 0. The molecule has 2 rings (SSSR count). The largest absolute Gasteiger partial charge is 0.432 e. The molecule has 0 bridgehead atoms. The molecule has 0 spiro atoms. The number of aromatic amines is 1. The maximum absolute atomic E-state index is 10.3. The highest BCUT2D eigenvalue weighted by molar-refractivity contribution is 6.72. The molecule has 0 atom stereocenters. The van der Waals surface area contributed by atoms with Gasteiger partial charge in [-0.15, -0.1) is 0 Å². The van der Waals surface area contributed by atoms with E-state index >= 15 is 0 Å². The second-order valence-electron chi connectivity index (χ2n) is 5.91.